The highest BCUT2D eigenvalue weighted by molar-refractivity contribution is 7.99. The zero-order chi connectivity index (χ0) is 12.1. The van der Waals surface area contributed by atoms with E-state index in [4.69, 9.17) is 10.5 Å². The molecule has 2 aromatic rings. The van der Waals surface area contributed by atoms with Gasteiger partial charge in [-0.05, 0) is 30.3 Å². The molecular weight excluding hydrogens is 232 g/mol. The van der Waals surface area contributed by atoms with E-state index in [-0.39, 0.29) is 0 Å². The van der Waals surface area contributed by atoms with Gasteiger partial charge in [-0.2, -0.15) is 0 Å². The molecular formula is C13H14N2OS. The molecule has 0 bridgehead atoms. The fourth-order valence-electron chi connectivity index (χ4n) is 1.41. The number of methoxy groups -OCH3 is 1. The number of nitrogens with two attached hydrogens (primary N) is 1. The average Bonchev–Trinajstić information content (AvgIpc) is 2.39. The molecule has 88 valence electrons. The minimum absolute atomic E-state index is 0.465. The highest BCUT2D eigenvalue weighted by Gasteiger charge is 2.01. The molecule has 0 aliphatic carbocycles. The van der Waals surface area contributed by atoms with Gasteiger partial charge in [0.2, 0.25) is 0 Å². The van der Waals surface area contributed by atoms with Crippen LogP contribution in [0.15, 0.2) is 52.4 Å². The smallest absolute Gasteiger partial charge is 0.119 e. The summed E-state index contributed by atoms with van der Waals surface area (Å²) in [6, 6.07) is 13.8. The molecule has 1 aromatic carbocycles. The standard InChI is InChI=1S/C13H14N2OS/c1-16-11-5-3-6-12(8-11)17-13-7-2-4-10(9-14)15-13/h2-8H,9,14H2,1H3. The first-order valence-electron chi connectivity index (χ1n) is 5.30. The topological polar surface area (TPSA) is 48.1 Å². The number of rotatable bonds is 4. The molecule has 2 rings (SSSR count). The molecule has 0 radical (unpaired) electrons. The van der Waals surface area contributed by atoms with E-state index in [0.717, 1.165) is 21.4 Å². The van der Waals surface area contributed by atoms with E-state index in [9.17, 15) is 0 Å². The highest BCUT2D eigenvalue weighted by atomic mass is 32.2. The van der Waals surface area contributed by atoms with Crippen molar-refractivity contribution in [1.29, 1.82) is 0 Å². The van der Waals surface area contributed by atoms with Crippen LogP contribution in [-0.2, 0) is 6.54 Å². The zero-order valence-electron chi connectivity index (χ0n) is 9.59. The van der Waals surface area contributed by atoms with Crippen LogP contribution in [0.4, 0.5) is 0 Å². The van der Waals surface area contributed by atoms with Crippen molar-refractivity contribution in [2.24, 2.45) is 5.73 Å². The van der Waals surface area contributed by atoms with Crippen molar-refractivity contribution >= 4 is 11.8 Å². The van der Waals surface area contributed by atoms with Gasteiger partial charge >= 0.3 is 0 Å². The number of hydrogen-bond donors (Lipinski definition) is 1. The van der Waals surface area contributed by atoms with Gasteiger partial charge in [0.05, 0.1) is 12.8 Å². The van der Waals surface area contributed by atoms with Crippen LogP contribution < -0.4 is 10.5 Å². The molecule has 0 aliphatic rings. The SMILES string of the molecule is COc1cccc(Sc2cccc(CN)n2)c1. The number of ether oxygens (including phenoxy) is 1. The Morgan fingerprint density at radius 2 is 2.06 bits per heavy atom. The third kappa shape index (κ3) is 3.22. The van der Waals surface area contributed by atoms with E-state index in [1.54, 1.807) is 18.9 Å². The Morgan fingerprint density at radius 1 is 1.24 bits per heavy atom. The van der Waals surface area contributed by atoms with Gasteiger partial charge in [-0.3, -0.25) is 0 Å². The molecule has 0 fully saturated rings. The molecule has 0 spiro atoms. The first-order valence-corrected chi connectivity index (χ1v) is 6.11. The van der Waals surface area contributed by atoms with E-state index in [1.165, 1.54) is 0 Å². The Bertz CT molecular complexity index is 457. The van der Waals surface area contributed by atoms with E-state index in [1.807, 2.05) is 42.5 Å². The van der Waals surface area contributed by atoms with E-state index < -0.39 is 0 Å². The fraction of sp³-hybridized carbons (Fsp3) is 0.154. The van der Waals surface area contributed by atoms with Gasteiger partial charge in [-0.1, -0.05) is 23.9 Å². The summed E-state index contributed by atoms with van der Waals surface area (Å²) >= 11 is 1.60. The van der Waals surface area contributed by atoms with Crippen LogP contribution in [0.25, 0.3) is 0 Å². The Morgan fingerprint density at radius 3 is 2.82 bits per heavy atom. The first kappa shape index (κ1) is 12.0. The Labute approximate surface area is 105 Å². The number of pyridine rings is 1. The quantitative estimate of drug-likeness (QED) is 0.901. The Kier molecular flexibility index (Phi) is 4.01. The van der Waals surface area contributed by atoms with Gasteiger partial charge in [0, 0.05) is 11.4 Å². The van der Waals surface area contributed by atoms with Crippen molar-refractivity contribution in [2.75, 3.05) is 7.11 Å². The van der Waals surface area contributed by atoms with Crippen LogP contribution in [0, 0.1) is 0 Å². The molecule has 1 aromatic heterocycles. The third-order valence-electron chi connectivity index (χ3n) is 2.25. The lowest BCUT2D eigenvalue weighted by molar-refractivity contribution is 0.413. The Hall–Kier alpha value is -1.52. The van der Waals surface area contributed by atoms with Crippen LogP contribution in [0.3, 0.4) is 0 Å². The molecule has 0 atom stereocenters. The second kappa shape index (κ2) is 5.70. The van der Waals surface area contributed by atoms with Gasteiger partial charge in [0.25, 0.3) is 0 Å². The lowest BCUT2D eigenvalue weighted by Gasteiger charge is -2.04. The van der Waals surface area contributed by atoms with Crippen LogP contribution >= 0.6 is 11.8 Å². The predicted molar refractivity (Wildman–Crippen MR) is 69.2 cm³/mol. The zero-order valence-corrected chi connectivity index (χ0v) is 10.4. The summed E-state index contributed by atoms with van der Waals surface area (Å²) in [5.74, 6) is 0.852. The van der Waals surface area contributed by atoms with Gasteiger partial charge in [0.15, 0.2) is 0 Å². The van der Waals surface area contributed by atoms with Gasteiger partial charge in [-0.25, -0.2) is 4.98 Å². The lowest BCUT2D eigenvalue weighted by atomic mass is 10.3. The average molecular weight is 246 g/mol. The van der Waals surface area contributed by atoms with Crippen LogP contribution in [0.1, 0.15) is 5.69 Å². The molecule has 0 amide bonds. The Balaban J connectivity index is 2.18. The largest absolute Gasteiger partial charge is 0.497 e. The summed E-state index contributed by atoms with van der Waals surface area (Å²) in [6.07, 6.45) is 0. The van der Waals surface area contributed by atoms with Crippen molar-refractivity contribution < 1.29 is 4.74 Å². The van der Waals surface area contributed by atoms with Crippen molar-refractivity contribution in [3.63, 3.8) is 0 Å². The molecule has 0 saturated carbocycles. The van der Waals surface area contributed by atoms with Crippen molar-refractivity contribution in [3.8, 4) is 5.75 Å². The molecule has 0 unspecified atom stereocenters. The molecule has 2 N–H and O–H groups in total. The molecule has 4 heteroatoms. The molecule has 3 nitrogen and oxygen atoms in total. The number of benzene rings is 1. The van der Waals surface area contributed by atoms with Gasteiger partial charge < -0.3 is 10.5 Å². The normalized spacial score (nSPS) is 10.2. The van der Waals surface area contributed by atoms with E-state index >= 15 is 0 Å². The van der Waals surface area contributed by atoms with Crippen LogP contribution in [0.5, 0.6) is 5.75 Å². The molecule has 1 heterocycles. The highest BCUT2D eigenvalue weighted by Crippen LogP contribution is 2.28. The van der Waals surface area contributed by atoms with Crippen LogP contribution in [-0.4, -0.2) is 12.1 Å². The second-order valence-corrected chi connectivity index (χ2v) is 4.55. The number of hydrogen-bond acceptors (Lipinski definition) is 4. The minimum Gasteiger partial charge on any atom is -0.497 e. The molecule has 0 aliphatic heterocycles. The summed E-state index contributed by atoms with van der Waals surface area (Å²) < 4.78 is 5.18. The predicted octanol–water partition coefficient (Wildman–Crippen LogP) is 2.70. The fourth-order valence-corrected chi connectivity index (χ4v) is 2.29. The number of aromatic nitrogens is 1. The maximum atomic E-state index is 5.57. The lowest BCUT2D eigenvalue weighted by Crippen LogP contribution is -1.99. The summed E-state index contributed by atoms with van der Waals surface area (Å²) in [6.45, 7) is 0.465. The maximum absolute atomic E-state index is 5.57. The van der Waals surface area contributed by atoms with Gasteiger partial charge in [-0.15, -0.1) is 0 Å². The van der Waals surface area contributed by atoms with Crippen LogP contribution in [0.2, 0.25) is 0 Å². The van der Waals surface area contributed by atoms with E-state index in [0.29, 0.717) is 6.54 Å². The summed E-state index contributed by atoms with van der Waals surface area (Å²) in [4.78, 5) is 5.54. The first-order chi connectivity index (χ1) is 8.31. The summed E-state index contributed by atoms with van der Waals surface area (Å²) in [7, 11) is 1.66. The summed E-state index contributed by atoms with van der Waals surface area (Å²) in [5, 5.41) is 0.946. The third-order valence-corrected chi connectivity index (χ3v) is 3.18. The van der Waals surface area contributed by atoms with Crippen molar-refractivity contribution in [2.45, 2.75) is 16.5 Å². The second-order valence-electron chi connectivity index (χ2n) is 3.45. The minimum atomic E-state index is 0.465. The van der Waals surface area contributed by atoms with Crippen molar-refractivity contribution in [1.82, 2.24) is 4.98 Å². The maximum Gasteiger partial charge on any atom is 0.119 e. The molecule has 17 heavy (non-hydrogen) atoms. The summed E-state index contributed by atoms with van der Waals surface area (Å²) in [5.41, 5.74) is 6.47. The van der Waals surface area contributed by atoms with Gasteiger partial charge in [0.1, 0.15) is 10.8 Å². The van der Waals surface area contributed by atoms with Crippen molar-refractivity contribution in [3.05, 3.63) is 48.2 Å². The van der Waals surface area contributed by atoms with E-state index in [2.05, 4.69) is 4.98 Å². The monoisotopic (exact) mass is 246 g/mol. The number of nitrogens with zero attached hydrogens (tertiary/aromatic N) is 1. The molecule has 0 saturated heterocycles.